The first-order valence-corrected chi connectivity index (χ1v) is 8.74. The second-order valence-corrected chi connectivity index (χ2v) is 6.41. The Hall–Kier alpha value is -4.10. The molecule has 0 atom stereocenters. The Morgan fingerprint density at radius 3 is 2.32 bits per heavy atom. The SMILES string of the molecule is Cn1cnc(CNc2c(NCc3ccc(-c4noc(C(F)(F)F)n4)cn3)c(=O)c2=O)n1. The van der Waals surface area contributed by atoms with Gasteiger partial charge in [-0.2, -0.15) is 23.3 Å². The number of alkyl halides is 3. The highest BCUT2D eigenvalue weighted by molar-refractivity contribution is 5.73. The summed E-state index contributed by atoms with van der Waals surface area (Å²) < 4.78 is 43.3. The van der Waals surface area contributed by atoms with Gasteiger partial charge in [-0.05, 0) is 12.1 Å². The summed E-state index contributed by atoms with van der Waals surface area (Å²) in [6.07, 6.45) is -1.95. The minimum atomic E-state index is -4.73. The zero-order chi connectivity index (χ0) is 22.2. The molecule has 14 heteroatoms. The lowest BCUT2D eigenvalue weighted by Crippen LogP contribution is -2.37. The van der Waals surface area contributed by atoms with Crippen LogP contribution in [0.15, 0.2) is 38.8 Å². The topological polar surface area (TPSA) is 141 Å². The van der Waals surface area contributed by atoms with Crippen molar-refractivity contribution in [3.63, 3.8) is 0 Å². The molecule has 0 radical (unpaired) electrons. The molecule has 0 saturated carbocycles. The normalized spacial score (nSPS) is 11.7. The third-order valence-corrected chi connectivity index (χ3v) is 4.18. The van der Waals surface area contributed by atoms with E-state index in [4.69, 9.17) is 0 Å². The van der Waals surface area contributed by atoms with Gasteiger partial charge in [0.1, 0.15) is 17.7 Å². The highest BCUT2D eigenvalue weighted by Gasteiger charge is 2.38. The summed E-state index contributed by atoms with van der Waals surface area (Å²) in [5.41, 5.74) is -0.393. The van der Waals surface area contributed by atoms with Crippen LogP contribution in [0.1, 0.15) is 17.4 Å². The van der Waals surface area contributed by atoms with Gasteiger partial charge >= 0.3 is 12.1 Å². The molecule has 2 N–H and O–H groups in total. The monoisotopic (exact) mass is 434 g/mol. The quantitative estimate of drug-likeness (QED) is 0.406. The van der Waals surface area contributed by atoms with Crippen LogP contribution in [-0.2, 0) is 26.3 Å². The summed E-state index contributed by atoms with van der Waals surface area (Å²) in [6.45, 7) is 0.264. The smallest absolute Gasteiger partial charge is 0.374 e. The van der Waals surface area contributed by atoms with Crippen molar-refractivity contribution >= 4 is 11.4 Å². The van der Waals surface area contributed by atoms with Crippen molar-refractivity contribution in [2.24, 2.45) is 7.05 Å². The van der Waals surface area contributed by atoms with Gasteiger partial charge in [0.05, 0.1) is 18.8 Å². The third kappa shape index (κ3) is 4.12. The highest BCUT2D eigenvalue weighted by atomic mass is 19.4. The van der Waals surface area contributed by atoms with Crippen molar-refractivity contribution in [1.82, 2.24) is 29.9 Å². The molecule has 0 saturated heterocycles. The minimum Gasteiger partial charge on any atom is -0.374 e. The van der Waals surface area contributed by atoms with Gasteiger partial charge in [-0.3, -0.25) is 19.3 Å². The maximum Gasteiger partial charge on any atom is 0.471 e. The summed E-state index contributed by atoms with van der Waals surface area (Å²) in [6, 6.07) is 2.98. The molecule has 0 aliphatic rings. The molecule has 3 aromatic heterocycles. The predicted molar refractivity (Wildman–Crippen MR) is 99.5 cm³/mol. The van der Waals surface area contributed by atoms with E-state index in [2.05, 4.69) is 40.4 Å². The van der Waals surface area contributed by atoms with E-state index < -0.39 is 22.9 Å². The molecule has 0 unspecified atom stereocenters. The average Bonchev–Trinajstić information content (AvgIpc) is 3.39. The first kappa shape index (κ1) is 20.2. The van der Waals surface area contributed by atoms with Crippen LogP contribution in [-0.4, -0.2) is 29.9 Å². The summed E-state index contributed by atoms with van der Waals surface area (Å²) in [4.78, 5) is 35.1. The van der Waals surface area contributed by atoms with Crippen LogP contribution >= 0.6 is 0 Å². The Morgan fingerprint density at radius 1 is 1.06 bits per heavy atom. The predicted octanol–water partition coefficient (Wildman–Crippen LogP) is 1.10. The van der Waals surface area contributed by atoms with Gasteiger partial charge in [-0.25, -0.2) is 4.98 Å². The zero-order valence-corrected chi connectivity index (χ0v) is 15.8. The Labute approximate surface area is 170 Å². The summed E-state index contributed by atoms with van der Waals surface area (Å²) >= 11 is 0. The fraction of sp³-hybridized carbons (Fsp3) is 0.235. The van der Waals surface area contributed by atoms with Gasteiger partial charge in [0.15, 0.2) is 5.82 Å². The number of halogens is 3. The lowest BCUT2D eigenvalue weighted by Gasteiger charge is -2.13. The molecule has 4 aromatic rings. The van der Waals surface area contributed by atoms with Crippen molar-refractivity contribution in [2.45, 2.75) is 19.3 Å². The number of hydrogen-bond acceptors (Lipinski definition) is 10. The molecule has 160 valence electrons. The first-order valence-electron chi connectivity index (χ1n) is 8.74. The van der Waals surface area contributed by atoms with Gasteiger partial charge in [-0.1, -0.05) is 5.16 Å². The number of aryl methyl sites for hydroxylation is 1. The van der Waals surface area contributed by atoms with E-state index in [1.165, 1.54) is 29.3 Å². The average molecular weight is 434 g/mol. The Balaban J connectivity index is 1.40. The van der Waals surface area contributed by atoms with E-state index in [9.17, 15) is 22.8 Å². The number of hydrogen-bond donors (Lipinski definition) is 2. The number of aromatic nitrogens is 6. The highest BCUT2D eigenvalue weighted by Crippen LogP contribution is 2.29. The summed E-state index contributed by atoms with van der Waals surface area (Å²) in [7, 11) is 1.70. The van der Waals surface area contributed by atoms with Gasteiger partial charge in [-0.15, -0.1) is 0 Å². The van der Waals surface area contributed by atoms with E-state index >= 15 is 0 Å². The molecule has 0 amide bonds. The molecule has 0 bridgehead atoms. The Morgan fingerprint density at radius 2 is 1.77 bits per heavy atom. The standard InChI is InChI=1S/C17H13F3N8O3/c1-28-7-24-10(26-28)6-23-12-11(13(29)14(12)30)22-5-9-3-2-8(4-21-9)15-25-16(31-27-15)17(18,19)20/h2-4,7,22-23H,5-6H2,1H3. The van der Waals surface area contributed by atoms with Crippen LogP contribution in [0.2, 0.25) is 0 Å². The van der Waals surface area contributed by atoms with Crippen molar-refractivity contribution in [1.29, 1.82) is 0 Å². The number of pyridine rings is 1. The molecule has 31 heavy (non-hydrogen) atoms. The second-order valence-electron chi connectivity index (χ2n) is 6.41. The molecule has 11 nitrogen and oxygen atoms in total. The zero-order valence-electron chi connectivity index (χ0n) is 15.8. The third-order valence-electron chi connectivity index (χ3n) is 4.18. The van der Waals surface area contributed by atoms with Crippen LogP contribution in [0.3, 0.4) is 0 Å². The van der Waals surface area contributed by atoms with Crippen molar-refractivity contribution in [2.75, 3.05) is 10.6 Å². The van der Waals surface area contributed by atoms with E-state index in [1.807, 2.05) is 0 Å². The molecule has 0 aliphatic carbocycles. The molecule has 0 fully saturated rings. The fourth-order valence-corrected chi connectivity index (χ4v) is 2.66. The van der Waals surface area contributed by atoms with E-state index in [0.29, 0.717) is 11.5 Å². The van der Waals surface area contributed by atoms with Crippen molar-refractivity contribution in [3.8, 4) is 11.4 Å². The lowest BCUT2D eigenvalue weighted by molar-refractivity contribution is -0.159. The second kappa shape index (κ2) is 7.62. The molecule has 3 heterocycles. The molecular formula is C17H13F3N8O3. The number of rotatable bonds is 7. The van der Waals surface area contributed by atoms with E-state index in [1.54, 1.807) is 7.05 Å². The number of anilines is 2. The summed E-state index contributed by atoms with van der Waals surface area (Å²) in [5.74, 6) is -1.25. The van der Waals surface area contributed by atoms with Crippen LogP contribution < -0.4 is 21.5 Å². The van der Waals surface area contributed by atoms with Crippen LogP contribution in [0.25, 0.3) is 11.4 Å². The van der Waals surface area contributed by atoms with Gasteiger partial charge in [0.2, 0.25) is 5.82 Å². The van der Waals surface area contributed by atoms with Crippen molar-refractivity contribution < 1.29 is 17.7 Å². The molecule has 0 aliphatic heterocycles. The maximum absolute atomic E-state index is 12.6. The largest absolute Gasteiger partial charge is 0.471 e. The Bertz CT molecular complexity index is 1290. The maximum atomic E-state index is 12.6. The number of nitrogens with zero attached hydrogens (tertiary/aromatic N) is 6. The van der Waals surface area contributed by atoms with Crippen molar-refractivity contribution in [3.05, 3.63) is 62.5 Å². The van der Waals surface area contributed by atoms with Gasteiger partial charge < -0.3 is 15.2 Å². The summed E-state index contributed by atoms with van der Waals surface area (Å²) in [5, 5.41) is 13.0. The van der Waals surface area contributed by atoms with Crippen LogP contribution in [0.4, 0.5) is 24.5 Å². The van der Waals surface area contributed by atoms with E-state index in [-0.39, 0.29) is 35.9 Å². The van der Waals surface area contributed by atoms with Crippen LogP contribution in [0.5, 0.6) is 0 Å². The minimum absolute atomic E-state index is 0.0989. The fourth-order valence-electron chi connectivity index (χ4n) is 2.66. The van der Waals surface area contributed by atoms with Gasteiger partial charge in [0.25, 0.3) is 10.9 Å². The van der Waals surface area contributed by atoms with E-state index in [0.717, 1.165) is 0 Å². The molecular weight excluding hydrogens is 421 g/mol. The lowest BCUT2D eigenvalue weighted by atomic mass is 10.2. The molecule has 1 aromatic carbocycles. The first-order chi connectivity index (χ1) is 14.7. The molecule has 4 rings (SSSR count). The van der Waals surface area contributed by atoms with Gasteiger partial charge in [0, 0.05) is 18.8 Å². The Kier molecular flexibility index (Phi) is 4.96. The van der Waals surface area contributed by atoms with Crippen LogP contribution in [0, 0.1) is 0 Å². The molecule has 0 spiro atoms. The number of nitrogens with one attached hydrogen (secondary N) is 2.